The molecule has 4 heteroatoms. The molecule has 1 rings (SSSR count). The van der Waals surface area contributed by atoms with E-state index in [1.807, 2.05) is 11.8 Å². The van der Waals surface area contributed by atoms with E-state index >= 15 is 0 Å². The highest BCUT2D eigenvalue weighted by Gasteiger charge is 2.13. The highest BCUT2D eigenvalue weighted by atomic mass is 32.2. The molecule has 0 unspecified atom stereocenters. The molecule has 0 bridgehead atoms. The molecule has 0 aliphatic carbocycles. The van der Waals surface area contributed by atoms with Gasteiger partial charge in [0.1, 0.15) is 18.9 Å². The third kappa shape index (κ3) is 4.43. The van der Waals surface area contributed by atoms with Crippen molar-refractivity contribution in [2.45, 2.75) is 45.7 Å². The van der Waals surface area contributed by atoms with Gasteiger partial charge in [0.15, 0.2) is 0 Å². The molecule has 0 aliphatic rings. The highest BCUT2D eigenvalue weighted by molar-refractivity contribution is 7.98. The molecule has 0 N–H and O–H groups in total. The molecule has 1 heterocycles. The predicted octanol–water partition coefficient (Wildman–Crippen LogP) is 2.39. The Kier molecular flexibility index (Phi) is 6.80. The zero-order valence-corrected chi connectivity index (χ0v) is 11.7. The van der Waals surface area contributed by atoms with Gasteiger partial charge in [-0.05, 0) is 24.9 Å². The van der Waals surface area contributed by atoms with Crippen LogP contribution in [-0.2, 0) is 19.5 Å². The quantitative estimate of drug-likeness (QED) is 0.526. The third-order valence-electron chi connectivity index (χ3n) is 2.87. The second kappa shape index (κ2) is 8.19. The van der Waals surface area contributed by atoms with Crippen molar-refractivity contribution in [2.75, 3.05) is 12.0 Å². The smallest absolute Gasteiger partial charge is 0.234 e. The first-order valence-electron chi connectivity index (χ1n) is 6.26. The lowest BCUT2D eigenvalue weighted by molar-refractivity contribution is -0.702. The second-order valence-corrected chi connectivity index (χ2v) is 5.05. The number of hydrogen-bond acceptors (Lipinski definition) is 2. The van der Waals surface area contributed by atoms with Gasteiger partial charge in [-0.1, -0.05) is 6.92 Å². The van der Waals surface area contributed by atoms with E-state index in [9.17, 15) is 0 Å². The maximum absolute atomic E-state index is 8.63. The van der Waals surface area contributed by atoms with Gasteiger partial charge in [-0.2, -0.15) is 17.0 Å². The van der Waals surface area contributed by atoms with Gasteiger partial charge in [0, 0.05) is 6.42 Å². The first kappa shape index (κ1) is 14.1. The third-order valence-corrected chi connectivity index (χ3v) is 3.56. The lowest BCUT2D eigenvalue weighted by atomic mass is 10.3. The summed E-state index contributed by atoms with van der Waals surface area (Å²) in [5.41, 5.74) is 0. The van der Waals surface area contributed by atoms with Crippen LogP contribution < -0.4 is 4.57 Å². The maximum Gasteiger partial charge on any atom is 0.256 e. The molecule has 0 saturated heterocycles. The summed E-state index contributed by atoms with van der Waals surface area (Å²) in [5, 5.41) is 8.63. The molecule has 0 fully saturated rings. The van der Waals surface area contributed by atoms with Crippen molar-refractivity contribution in [1.29, 1.82) is 5.26 Å². The highest BCUT2D eigenvalue weighted by Crippen LogP contribution is 2.04. The van der Waals surface area contributed by atoms with Crippen molar-refractivity contribution >= 4 is 11.8 Å². The number of nitriles is 1. The molecule has 3 nitrogen and oxygen atoms in total. The van der Waals surface area contributed by atoms with Gasteiger partial charge in [-0.15, -0.1) is 0 Å². The molecule has 94 valence electrons. The summed E-state index contributed by atoms with van der Waals surface area (Å²) in [7, 11) is 0. The number of aromatic nitrogens is 2. The Balaban J connectivity index is 2.54. The number of aryl methyl sites for hydroxylation is 2. The molecule has 0 aliphatic heterocycles. The van der Waals surface area contributed by atoms with E-state index in [-0.39, 0.29) is 0 Å². The molecular weight excluding hydrogens is 230 g/mol. The molecule has 0 saturated carbocycles. The minimum absolute atomic E-state index is 0.591. The summed E-state index contributed by atoms with van der Waals surface area (Å²) in [6.45, 7) is 4.09. The number of unbranched alkanes of at least 4 members (excludes halogenated alkanes) is 1. The number of thioether (sulfide) groups is 1. The maximum atomic E-state index is 8.63. The fraction of sp³-hybridized carbons (Fsp3) is 0.692. The van der Waals surface area contributed by atoms with Crippen LogP contribution in [0.4, 0.5) is 0 Å². The Labute approximate surface area is 108 Å². The van der Waals surface area contributed by atoms with E-state index in [0.717, 1.165) is 19.5 Å². The zero-order chi connectivity index (χ0) is 12.5. The van der Waals surface area contributed by atoms with Crippen LogP contribution in [0, 0.1) is 11.3 Å². The molecule has 0 amide bonds. The number of nitrogens with zero attached hydrogens (tertiary/aromatic N) is 3. The summed E-state index contributed by atoms with van der Waals surface area (Å²) >= 11 is 1.91. The van der Waals surface area contributed by atoms with Crippen LogP contribution in [0.25, 0.3) is 0 Å². The Morgan fingerprint density at radius 3 is 2.94 bits per heavy atom. The minimum atomic E-state index is 0.591. The number of rotatable bonds is 8. The van der Waals surface area contributed by atoms with Crippen LogP contribution in [0.1, 0.15) is 32.0 Å². The molecule has 0 aromatic carbocycles. The van der Waals surface area contributed by atoms with Gasteiger partial charge >= 0.3 is 0 Å². The predicted molar refractivity (Wildman–Crippen MR) is 71.9 cm³/mol. The summed E-state index contributed by atoms with van der Waals surface area (Å²) in [6.07, 6.45) is 10.5. The molecule has 0 atom stereocenters. The number of imidazole rings is 1. The first-order chi connectivity index (χ1) is 8.33. The molecule has 1 aromatic heterocycles. The Morgan fingerprint density at radius 1 is 1.47 bits per heavy atom. The normalized spacial score (nSPS) is 10.4. The van der Waals surface area contributed by atoms with Crippen molar-refractivity contribution in [3.63, 3.8) is 0 Å². The van der Waals surface area contributed by atoms with Crippen LogP contribution in [0.2, 0.25) is 0 Å². The lowest BCUT2D eigenvalue weighted by Gasteiger charge is -2.02. The molecule has 0 spiro atoms. The first-order valence-corrected chi connectivity index (χ1v) is 7.66. The van der Waals surface area contributed by atoms with Crippen LogP contribution in [0.5, 0.6) is 0 Å². The van der Waals surface area contributed by atoms with Gasteiger partial charge < -0.3 is 0 Å². The standard InChI is InChI=1S/C13H22N3S/c1-3-13-15(8-4-5-12-17-2)10-11-16(13)9-6-7-14/h10-11H,3-6,8-9,12H2,1-2H3/q+1. The van der Waals surface area contributed by atoms with E-state index in [2.05, 4.69) is 40.8 Å². The van der Waals surface area contributed by atoms with Crippen LogP contribution in [0.15, 0.2) is 12.4 Å². The average molecular weight is 252 g/mol. The summed E-state index contributed by atoms with van der Waals surface area (Å²) in [6, 6.07) is 2.20. The van der Waals surface area contributed by atoms with Crippen LogP contribution >= 0.6 is 11.8 Å². The van der Waals surface area contributed by atoms with Gasteiger partial charge in [-0.25, -0.2) is 9.13 Å². The van der Waals surface area contributed by atoms with Gasteiger partial charge in [-0.3, -0.25) is 0 Å². The molecule has 17 heavy (non-hydrogen) atoms. The molecule has 0 radical (unpaired) electrons. The number of hydrogen-bond donors (Lipinski definition) is 0. The topological polar surface area (TPSA) is 32.6 Å². The minimum Gasteiger partial charge on any atom is -0.234 e. The van der Waals surface area contributed by atoms with Gasteiger partial charge in [0.05, 0.1) is 19.0 Å². The van der Waals surface area contributed by atoms with E-state index < -0.39 is 0 Å². The second-order valence-electron chi connectivity index (χ2n) is 4.06. The molecule has 1 aromatic rings. The van der Waals surface area contributed by atoms with Crippen molar-refractivity contribution < 1.29 is 4.57 Å². The van der Waals surface area contributed by atoms with Crippen molar-refractivity contribution in [3.8, 4) is 6.07 Å². The zero-order valence-electron chi connectivity index (χ0n) is 10.9. The van der Waals surface area contributed by atoms with Gasteiger partial charge in [0.25, 0.3) is 5.82 Å². The van der Waals surface area contributed by atoms with E-state index in [1.54, 1.807) is 0 Å². The van der Waals surface area contributed by atoms with E-state index in [4.69, 9.17) is 5.26 Å². The Hall–Kier alpha value is -0.950. The van der Waals surface area contributed by atoms with Crippen LogP contribution in [-0.4, -0.2) is 16.6 Å². The SMILES string of the molecule is CCc1n(CCCCSC)cc[n+]1CCC#N. The fourth-order valence-electron chi connectivity index (χ4n) is 2.01. The van der Waals surface area contributed by atoms with Crippen molar-refractivity contribution in [2.24, 2.45) is 0 Å². The summed E-state index contributed by atoms with van der Waals surface area (Å²) < 4.78 is 4.54. The van der Waals surface area contributed by atoms with Crippen molar-refractivity contribution in [3.05, 3.63) is 18.2 Å². The van der Waals surface area contributed by atoms with E-state index in [1.165, 1.54) is 24.4 Å². The van der Waals surface area contributed by atoms with Crippen molar-refractivity contribution in [1.82, 2.24) is 4.57 Å². The van der Waals surface area contributed by atoms with Gasteiger partial charge in [0.2, 0.25) is 0 Å². The largest absolute Gasteiger partial charge is 0.256 e. The summed E-state index contributed by atoms with van der Waals surface area (Å²) in [5.74, 6) is 2.58. The fourth-order valence-corrected chi connectivity index (χ4v) is 2.50. The average Bonchev–Trinajstić information content (AvgIpc) is 2.74. The van der Waals surface area contributed by atoms with E-state index in [0.29, 0.717) is 6.42 Å². The lowest BCUT2D eigenvalue weighted by Crippen LogP contribution is -2.36. The van der Waals surface area contributed by atoms with Crippen LogP contribution in [0.3, 0.4) is 0 Å². The monoisotopic (exact) mass is 252 g/mol. The molecular formula is C13H22N3S+. The summed E-state index contributed by atoms with van der Waals surface area (Å²) in [4.78, 5) is 0. The Bertz CT molecular complexity index is 365. The Morgan fingerprint density at radius 2 is 2.29 bits per heavy atom.